The van der Waals surface area contributed by atoms with E-state index < -0.39 is 46.4 Å². The van der Waals surface area contributed by atoms with Crippen LogP contribution in [0.4, 0.5) is 4.39 Å². The fraction of sp³-hybridized carbons (Fsp3) is 0.438. The minimum absolute atomic E-state index is 0.333. The fourth-order valence-corrected chi connectivity index (χ4v) is 3.61. The molecule has 0 saturated heterocycles. The van der Waals surface area contributed by atoms with E-state index >= 15 is 0 Å². The summed E-state index contributed by atoms with van der Waals surface area (Å²) in [4.78, 5) is 23.1. The summed E-state index contributed by atoms with van der Waals surface area (Å²) in [6.07, 6.45) is 2.73. The number of rotatable bonds is 7. The van der Waals surface area contributed by atoms with E-state index in [0.29, 0.717) is 12.8 Å². The first-order valence-electron chi connectivity index (χ1n) is 7.89. The van der Waals surface area contributed by atoms with Crippen molar-refractivity contribution >= 4 is 21.9 Å². The standard InChI is InChI=1S/C16H18FN3O5S/c17-12-4-3-5-13(8-12)26(23,24)19-9-15(22)25-10-14(21)20-16(11-18)6-1-2-7-16/h3-5,8,19H,1-2,6-7,9-10H2,(H,20,21). The van der Waals surface area contributed by atoms with E-state index in [1.54, 1.807) is 0 Å². The first kappa shape index (κ1) is 19.8. The number of hydrogen-bond acceptors (Lipinski definition) is 6. The van der Waals surface area contributed by atoms with Crippen LogP contribution in [0.5, 0.6) is 0 Å². The van der Waals surface area contributed by atoms with E-state index in [1.807, 2.05) is 4.72 Å². The van der Waals surface area contributed by atoms with Crippen molar-refractivity contribution in [3.05, 3.63) is 30.1 Å². The molecule has 0 aromatic heterocycles. The fourth-order valence-electron chi connectivity index (χ4n) is 2.61. The molecule has 1 amide bonds. The zero-order valence-corrected chi connectivity index (χ0v) is 14.6. The third-order valence-corrected chi connectivity index (χ3v) is 5.33. The molecule has 1 aliphatic rings. The summed E-state index contributed by atoms with van der Waals surface area (Å²) >= 11 is 0. The van der Waals surface area contributed by atoms with Crippen LogP contribution in [0.25, 0.3) is 0 Å². The first-order valence-corrected chi connectivity index (χ1v) is 9.38. The molecule has 2 rings (SSSR count). The van der Waals surface area contributed by atoms with Crippen LogP contribution in [0.2, 0.25) is 0 Å². The molecular formula is C16H18FN3O5S. The Morgan fingerprint density at radius 1 is 1.31 bits per heavy atom. The van der Waals surface area contributed by atoms with Gasteiger partial charge in [0.05, 0.1) is 11.0 Å². The Labute approximate surface area is 150 Å². The van der Waals surface area contributed by atoms with Crippen molar-refractivity contribution in [3.8, 4) is 6.07 Å². The predicted octanol–water partition coefficient (Wildman–Crippen LogP) is 0.600. The number of nitrogens with one attached hydrogen (secondary N) is 2. The van der Waals surface area contributed by atoms with Gasteiger partial charge in [-0.05, 0) is 43.9 Å². The molecule has 1 saturated carbocycles. The highest BCUT2D eigenvalue weighted by Crippen LogP contribution is 2.28. The summed E-state index contributed by atoms with van der Waals surface area (Å²) in [5, 5.41) is 11.7. The van der Waals surface area contributed by atoms with Crippen LogP contribution in [0.15, 0.2) is 29.2 Å². The monoisotopic (exact) mass is 383 g/mol. The molecule has 0 heterocycles. The molecule has 0 atom stereocenters. The summed E-state index contributed by atoms with van der Waals surface area (Å²) in [6.45, 7) is -1.33. The average molecular weight is 383 g/mol. The maximum absolute atomic E-state index is 13.1. The van der Waals surface area contributed by atoms with Gasteiger partial charge in [-0.25, -0.2) is 12.8 Å². The molecule has 0 bridgehead atoms. The van der Waals surface area contributed by atoms with Crippen LogP contribution in [-0.2, 0) is 24.3 Å². The first-order chi connectivity index (χ1) is 12.3. The summed E-state index contributed by atoms with van der Waals surface area (Å²) in [6, 6.07) is 6.36. The van der Waals surface area contributed by atoms with Crippen LogP contribution < -0.4 is 10.0 Å². The van der Waals surface area contributed by atoms with Crippen molar-refractivity contribution in [2.24, 2.45) is 0 Å². The second kappa shape index (κ2) is 8.25. The number of benzene rings is 1. The van der Waals surface area contributed by atoms with Crippen molar-refractivity contribution in [2.75, 3.05) is 13.2 Å². The number of nitriles is 1. The van der Waals surface area contributed by atoms with Gasteiger partial charge in [0.15, 0.2) is 6.61 Å². The lowest BCUT2D eigenvalue weighted by Gasteiger charge is -2.21. The molecule has 1 aromatic carbocycles. The number of ether oxygens (including phenoxy) is 1. The lowest BCUT2D eigenvalue weighted by molar-refractivity contribution is -0.147. The Morgan fingerprint density at radius 2 is 2.00 bits per heavy atom. The molecular weight excluding hydrogens is 365 g/mol. The highest BCUT2D eigenvalue weighted by molar-refractivity contribution is 7.89. The Balaban J connectivity index is 1.80. The number of hydrogen-bond donors (Lipinski definition) is 2. The van der Waals surface area contributed by atoms with E-state index in [4.69, 9.17) is 10.00 Å². The summed E-state index contributed by atoms with van der Waals surface area (Å²) in [7, 11) is -4.08. The van der Waals surface area contributed by atoms with Crippen LogP contribution in [0, 0.1) is 17.1 Å². The summed E-state index contributed by atoms with van der Waals surface area (Å²) < 4.78 is 43.6. The highest BCUT2D eigenvalue weighted by atomic mass is 32.2. The van der Waals surface area contributed by atoms with Gasteiger partial charge in [0.25, 0.3) is 5.91 Å². The van der Waals surface area contributed by atoms with Crippen LogP contribution in [0.1, 0.15) is 25.7 Å². The van der Waals surface area contributed by atoms with Crippen molar-refractivity contribution in [1.82, 2.24) is 10.0 Å². The second-order valence-electron chi connectivity index (χ2n) is 5.89. The summed E-state index contributed by atoms with van der Waals surface area (Å²) in [5.74, 6) is -2.34. The number of carbonyl (C=O) groups excluding carboxylic acids is 2. The Bertz CT molecular complexity index is 829. The molecule has 1 aromatic rings. The van der Waals surface area contributed by atoms with Crippen molar-refractivity contribution < 1.29 is 27.1 Å². The van der Waals surface area contributed by atoms with Crippen molar-refractivity contribution in [1.29, 1.82) is 5.26 Å². The van der Waals surface area contributed by atoms with Crippen molar-refractivity contribution in [3.63, 3.8) is 0 Å². The molecule has 8 nitrogen and oxygen atoms in total. The van der Waals surface area contributed by atoms with E-state index in [1.165, 1.54) is 12.1 Å². The molecule has 0 spiro atoms. The number of halogens is 1. The van der Waals surface area contributed by atoms with Gasteiger partial charge in [-0.2, -0.15) is 9.98 Å². The molecule has 0 aliphatic heterocycles. The topological polar surface area (TPSA) is 125 Å². The number of carbonyl (C=O) groups is 2. The lowest BCUT2D eigenvalue weighted by Crippen LogP contribution is -2.47. The molecule has 1 fully saturated rings. The Morgan fingerprint density at radius 3 is 2.62 bits per heavy atom. The minimum atomic E-state index is -4.08. The third kappa shape index (κ3) is 5.24. The number of amides is 1. The van der Waals surface area contributed by atoms with Gasteiger partial charge in [0, 0.05) is 0 Å². The molecule has 26 heavy (non-hydrogen) atoms. The quantitative estimate of drug-likeness (QED) is 0.664. The average Bonchev–Trinajstić information content (AvgIpc) is 3.07. The van der Waals surface area contributed by atoms with Gasteiger partial charge >= 0.3 is 5.97 Å². The maximum Gasteiger partial charge on any atom is 0.321 e. The van der Waals surface area contributed by atoms with Crippen LogP contribution >= 0.6 is 0 Å². The molecule has 0 unspecified atom stereocenters. The number of sulfonamides is 1. The van der Waals surface area contributed by atoms with E-state index in [2.05, 4.69) is 11.4 Å². The van der Waals surface area contributed by atoms with Gasteiger partial charge in [-0.15, -0.1) is 0 Å². The molecule has 10 heteroatoms. The molecule has 2 N–H and O–H groups in total. The smallest absolute Gasteiger partial charge is 0.321 e. The Kier molecular flexibility index (Phi) is 6.28. The lowest BCUT2D eigenvalue weighted by atomic mass is 10.00. The largest absolute Gasteiger partial charge is 0.455 e. The minimum Gasteiger partial charge on any atom is -0.455 e. The molecule has 140 valence electrons. The SMILES string of the molecule is N#CC1(NC(=O)COC(=O)CNS(=O)(=O)c2cccc(F)c2)CCCC1. The van der Waals surface area contributed by atoms with Crippen molar-refractivity contribution in [2.45, 2.75) is 36.1 Å². The Hall–Kier alpha value is -2.51. The van der Waals surface area contributed by atoms with Gasteiger partial charge in [0.2, 0.25) is 10.0 Å². The predicted molar refractivity (Wildman–Crippen MR) is 87.5 cm³/mol. The van der Waals surface area contributed by atoms with Gasteiger partial charge in [-0.1, -0.05) is 6.07 Å². The van der Waals surface area contributed by atoms with Crippen LogP contribution in [-0.4, -0.2) is 39.0 Å². The zero-order chi connectivity index (χ0) is 19.2. The van der Waals surface area contributed by atoms with Gasteiger partial charge in [0.1, 0.15) is 17.9 Å². The highest BCUT2D eigenvalue weighted by Gasteiger charge is 2.35. The van der Waals surface area contributed by atoms with Crippen LogP contribution in [0.3, 0.4) is 0 Å². The maximum atomic E-state index is 13.1. The third-order valence-electron chi connectivity index (χ3n) is 3.93. The summed E-state index contributed by atoms with van der Waals surface area (Å²) in [5.41, 5.74) is -0.928. The van der Waals surface area contributed by atoms with Gasteiger partial charge < -0.3 is 10.1 Å². The molecule has 1 aliphatic carbocycles. The van der Waals surface area contributed by atoms with E-state index in [9.17, 15) is 22.4 Å². The zero-order valence-electron chi connectivity index (χ0n) is 13.8. The van der Waals surface area contributed by atoms with Gasteiger partial charge in [-0.3, -0.25) is 9.59 Å². The normalized spacial score (nSPS) is 15.8. The van der Waals surface area contributed by atoms with E-state index in [0.717, 1.165) is 25.0 Å². The van der Waals surface area contributed by atoms with E-state index in [-0.39, 0.29) is 4.90 Å². The second-order valence-corrected chi connectivity index (χ2v) is 7.66. The molecule has 0 radical (unpaired) electrons. The number of esters is 1. The number of nitrogens with zero attached hydrogens (tertiary/aromatic N) is 1.